The normalized spacial score (nSPS) is 11.1. The maximum Gasteiger partial charge on any atom is 0.108 e. The third-order valence-electron chi connectivity index (χ3n) is 3.10. The van der Waals surface area contributed by atoms with Gasteiger partial charge in [0, 0.05) is 25.9 Å². The van der Waals surface area contributed by atoms with Crippen LogP contribution in [0.2, 0.25) is 5.02 Å². The molecule has 0 aromatic carbocycles. The first-order valence-electron chi connectivity index (χ1n) is 6.37. The van der Waals surface area contributed by atoms with Gasteiger partial charge in [0.25, 0.3) is 0 Å². The van der Waals surface area contributed by atoms with Crippen LogP contribution in [-0.2, 0) is 26.4 Å². The van der Waals surface area contributed by atoms with Gasteiger partial charge in [0.1, 0.15) is 5.82 Å². The summed E-state index contributed by atoms with van der Waals surface area (Å²) < 4.78 is 4.02. The van der Waals surface area contributed by atoms with Crippen molar-refractivity contribution in [3.05, 3.63) is 34.6 Å². The number of nitrogens with zero attached hydrogens (tertiary/aromatic N) is 4. The largest absolute Gasteiger partial charge is 0.329 e. The molecule has 0 spiro atoms. The summed E-state index contributed by atoms with van der Waals surface area (Å²) in [5, 5.41) is 5.22. The van der Waals surface area contributed by atoms with Crippen molar-refractivity contribution in [1.82, 2.24) is 19.3 Å². The molecule has 98 valence electrons. The Hall–Kier alpha value is -1.29. The molecule has 2 aromatic rings. The highest BCUT2D eigenvalue weighted by atomic mass is 35.5. The summed E-state index contributed by atoms with van der Waals surface area (Å²) in [7, 11) is 1.94. The molecule has 0 bridgehead atoms. The van der Waals surface area contributed by atoms with Crippen LogP contribution in [0.5, 0.6) is 0 Å². The average Bonchev–Trinajstić information content (AvgIpc) is 2.89. The zero-order valence-electron chi connectivity index (χ0n) is 11.1. The number of aromatic nitrogens is 4. The summed E-state index contributed by atoms with van der Waals surface area (Å²) in [6.07, 6.45) is 6.79. The Kier molecular flexibility index (Phi) is 4.07. The third-order valence-corrected chi connectivity index (χ3v) is 3.53. The molecule has 0 aliphatic carbocycles. The molecule has 0 unspecified atom stereocenters. The molecule has 0 aliphatic heterocycles. The second-order valence-electron chi connectivity index (χ2n) is 4.41. The third kappa shape index (κ3) is 2.43. The van der Waals surface area contributed by atoms with Crippen LogP contribution in [0.1, 0.15) is 37.5 Å². The number of hydrogen-bond donors (Lipinski definition) is 0. The van der Waals surface area contributed by atoms with Crippen LogP contribution in [0.4, 0.5) is 0 Å². The first-order chi connectivity index (χ1) is 8.67. The van der Waals surface area contributed by atoms with Gasteiger partial charge >= 0.3 is 0 Å². The molecular formula is C13H19ClN4. The first kappa shape index (κ1) is 13.1. The topological polar surface area (TPSA) is 35.6 Å². The predicted molar refractivity (Wildman–Crippen MR) is 72.9 cm³/mol. The Morgan fingerprint density at radius 1 is 1.33 bits per heavy atom. The molecule has 4 nitrogen and oxygen atoms in total. The summed E-state index contributed by atoms with van der Waals surface area (Å²) in [4.78, 5) is 4.38. The standard InChI is InChI=1S/C13H19ClN4/c1-4-6-12-15-7-8-18(12)9-11-13(14)10(5-2)16-17(11)3/h7-8H,4-6,9H2,1-3H3. The molecule has 0 amide bonds. The second kappa shape index (κ2) is 5.57. The molecule has 2 aromatic heterocycles. The van der Waals surface area contributed by atoms with Gasteiger partial charge in [-0.25, -0.2) is 4.98 Å². The maximum atomic E-state index is 6.36. The summed E-state index contributed by atoms with van der Waals surface area (Å²) in [5.74, 6) is 1.10. The lowest BCUT2D eigenvalue weighted by Crippen LogP contribution is -2.08. The van der Waals surface area contributed by atoms with Crippen molar-refractivity contribution in [2.75, 3.05) is 0 Å². The van der Waals surface area contributed by atoms with Gasteiger partial charge in [-0.2, -0.15) is 5.10 Å². The minimum Gasteiger partial charge on any atom is -0.329 e. The van der Waals surface area contributed by atoms with Crippen LogP contribution in [0.15, 0.2) is 12.4 Å². The van der Waals surface area contributed by atoms with Crippen molar-refractivity contribution in [2.24, 2.45) is 7.05 Å². The Balaban J connectivity index is 2.28. The molecule has 5 heteroatoms. The molecule has 0 aliphatic rings. The lowest BCUT2D eigenvalue weighted by atomic mass is 10.3. The monoisotopic (exact) mass is 266 g/mol. The van der Waals surface area contributed by atoms with Crippen LogP contribution < -0.4 is 0 Å². The van der Waals surface area contributed by atoms with Gasteiger partial charge in [0.2, 0.25) is 0 Å². The summed E-state index contributed by atoms with van der Waals surface area (Å²) in [6.45, 7) is 4.96. The lowest BCUT2D eigenvalue weighted by molar-refractivity contribution is 0.635. The molecule has 0 atom stereocenters. The molecule has 0 saturated heterocycles. The van der Waals surface area contributed by atoms with Crippen LogP contribution >= 0.6 is 11.6 Å². The fraction of sp³-hybridized carbons (Fsp3) is 0.538. The quantitative estimate of drug-likeness (QED) is 0.834. The number of imidazole rings is 1. The highest BCUT2D eigenvalue weighted by molar-refractivity contribution is 6.31. The van der Waals surface area contributed by atoms with Gasteiger partial charge < -0.3 is 4.57 Å². The Morgan fingerprint density at radius 2 is 2.11 bits per heavy atom. The van der Waals surface area contributed by atoms with E-state index in [4.69, 9.17) is 11.6 Å². The predicted octanol–water partition coefficient (Wildman–Crippen LogP) is 2.83. The number of halogens is 1. The van der Waals surface area contributed by atoms with Gasteiger partial charge in [0.05, 0.1) is 23.0 Å². The van der Waals surface area contributed by atoms with Crippen molar-refractivity contribution in [1.29, 1.82) is 0 Å². The average molecular weight is 267 g/mol. The van der Waals surface area contributed by atoms with Gasteiger partial charge in [0.15, 0.2) is 0 Å². The van der Waals surface area contributed by atoms with E-state index in [0.29, 0.717) is 0 Å². The van der Waals surface area contributed by atoms with Crippen molar-refractivity contribution < 1.29 is 0 Å². The molecule has 0 fully saturated rings. The van der Waals surface area contributed by atoms with Crippen molar-refractivity contribution in [2.45, 2.75) is 39.7 Å². The number of hydrogen-bond acceptors (Lipinski definition) is 2. The molecular weight excluding hydrogens is 248 g/mol. The SMILES string of the molecule is CCCc1nccn1Cc1c(Cl)c(CC)nn1C. The van der Waals surface area contributed by atoms with Gasteiger partial charge in [-0.15, -0.1) is 0 Å². The van der Waals surface area contributed by atoms with Crippen molar-refractivity contribution in [3.63, 3.8) is 0 Å². The van der Waals surface area contributed by atoms with Crippen molar-refractivity contribution in [3.8, 4) is 0 Å². The van der Waals surface area contributed by atoms with Crippen molar-refractivity contribution >= 4 is 11.6 Å². The van der Waals surface area contributed by atoms with E-state index in [-0.39, 0.29) is 0 Å². The zero-order chi connectivity index (χ0) is 13.1. The van der Waals surface area contributed by atoms with E-state index in [9.17, 15) is 0 Å². The highest BCUT2D eigenvalue weighted by Crippen LogP contribution is 2.22. The molecule has 2 rings (SSSR count). The second-order valence-corrected chi connectivity index (χ2v) is 4.78. The van der Waals surface area contributed by atoms with E-state index in [2.05, 4.69) is 28.5 Å². The summed E-state index contributed by atoms with van der Waals surface area (Å²) in [6, 6.07) is 0. The molecule has 0 saturated carbocycles. The molecule has 0 N–H and O–H groups in total. The van der Waals surface area contributed by atoms with E-state index in [1.807, 2.05) is 24.1 Å². The molecule has 0 radical (unpaired) electrons. The summed E-state index contributed by atoms with van der Waals surface area (Å²) >= 11 is 6.36. The fourth-order valence-corrected chi connectivity index (χ4v) is 2.44. The maximum absolute atomic E-state index is 6.36. The van der Waals surface area contributed by atoms with E-state index in [1.165, 1.54) is 0 Å². The molecule has 2 heterocycles. The minimum atomic E-state index is 0.734. The first-order valence-corrected chi connectivity index (χ1v) is 6.75. The highest BCUT2D eigenvalue weighted by Gasteiger charge is 2.14. The number of aryl methyl sites for hydroxylation is 3. The van der Waals surface area contributed by atoms with E-state index in [0.717, 1.165) is 48.0 Å². The van der Waals surface area contributed by atoms with Crippen LogP contribution in [0, 0.1) is 0 Å². The molecule has 18 heavy (non-hydrogen) atoms. The smallest absolute Gasteiger partial charge is 0.108 e. The van der Waals surface area contributed by atoms with Crippen LogP contribution in [0.3, 0.4) is 0 Å². The van der Waals surface area contributed by atoms with Crippen LogP contribution in [-0.4, -0.2) is 19.3 Å². The van der Waals surface area contributed by atoms with Gasteiger partial charge in [-0.05, 0) is 12.8 Å². The fourth-order valence-electron chi connectivity index (χ4n) is 2.09. The van der Waals surface area contributed by atoms with E-state index >= 15 is 0 Å². The summed E-state index contributed by atoms with van der Waals surface area (Å²) in [5.41, 5.74) is 2.01. The van der Waals surface area contributed by atoms with E-state index in [1.54, 1.807) is 0 Å². The lowest BCUT2D eigenvalue weighted by Gasteiger charge is -2.08. The van der Waals surface area contributed by atoms with Crippen LogP contribution in [0.25, 0.3) is 0 Å². The minimum absolute atomic E-state index is 0.734. The Labute approximate surface area is 113 Å². The van der Waals surface area contributed by atoms with E-state index < -0.39 is 0 Å². The van der Waals surface area contributed by atoms with Gasteiger partial charge in [-0.3, -0.25) is 4.68 Å². The van der Waals surface area contributed by atoms with Gasteiger partial charge in [-0.1, -0.05) is 25.4 Å². The zero-order valence-corrected chi connectivity index (χ0v) is 11.9. The Bertz CT molecular complexity index is 527. The number of rotatable bonds is 5. The Morgan fingerprint density at radius 3 is 2.72 bits per heavy atom.